The van der Waals surface area contributed by atoms with Crippen LogP contribution in [0.1, 0.15) is 35.2 Å². The molecule has 0 radical (unpaired) electrons. The van der Waals surface area contributed by atoms with Crippen LogP contribution in [-0.2, 0) is 16.3 Å². The van der Waals surface area contributed by atoms with Crippen LogP contribution >= 0.6 is 0 Å². The van der Waals surface area contributed by atoms with E-state index in [1.165, 1.54) is 0 Å². The van der Waals surface area contributed by atoms with E-state index in [0.29, 0.717) is 30.1 Å². The first-order chi connectivity index (χ1) is 10.1. The van der Waals surface area contributed by atoms with Gasteiger partial charge in [0.15, 0.2) is 15.7 Å². The highest BCUT2D eigenvalue weighted by Gasteiger charge is 2.32. The van der Waals surface area contributed by atoms with Crippen molar-refractivity contribution in [3.63, 3.8) is 0 Å². The molecule has 0 amide bonds. The molecule has 1 saturated heterocycles. The van der Waals surface area contributed by atoms with Gasteiger partial charge in [-0.25, -0.2) is 8.42 Å². The number of aromatic nitrogens is 2. The average Bonchev–Trinajstić information content (AvgIpc) is 3.06. The van der Waals surface area contributed by atoms with Gasteiger partial charge in [-0.15, -0.1) is 0 Å². The molecule has 1 unspecified atom stereocenters. The van der Waals surface area contributed by atoms with Crippen molar-refractivity contribution in [2.45, 2.75) is 18.8 Å². The maximum Gasteiger partial charge on any atom is 0.231 e. The molecule has 0 N–H and O–H groups in total. The van der Waals surface area contributed by atoms with Crippen molar-refractivity contribution in [1.82, 2.24) is 10.1 Å². The summed E-state index contributed by atoms with van der Waals surface area (Å²) in [6, 6.07) is 9.19. The van der Waals surface area contributed by atoms with Crippen LogP contribution in [0.2, 0.25) is 0 Å². The van der Waals surface area contributed by atoms with Crippen LogP contribution in [0.15, 0.2) is 28.8 Å². The maximum atomic E-state index is 11.5. The van der Waals surface area contributed by atoms with Gasteiger partial charge in [-0.1, -0.05) is 17.3 Å². The molecule has 21 heavy (non-hydrogen) atoms. The van der Waals surface area contributed by atoms with Crippen LogP contribution in [0.25, 0.3) is 0 Å². The fourth-order valence-corrected chi connectivity index (χ4v) is 4.12. The Labute approximate surface area is 122 Å². The Balaban J connectivity index is 1.72. The lowest BCUT2D eigenvalue weighted by Crippen LogP contribution is -2.05. The number of benzene rings is 1. The number of nitriles is 1. The topological polar surface area (TPSA) is 96.8 Å². The van der Waals surface area contributed by atoms with Crippen LogP contribution < -0.4 is 0 Å². The summed E-state index contributed by atoms with van der Waals surface area (Å²) in [7, 11) is -2.95. The maximum absolute atomic E-state index is 11.5. The van der Waals surface area contributed by atoms with Gasteiger partial charge in [0.2, 0.25) is 5.89 Å². The van der Waals surface area contributed by atoms with Gasteiger partial charge in [0, 0.05) is 5.92 Å². The van der Waals surface area contributed by atoms with Crippen LogP contribution in [0.4, 0.5) is 0 Å². The molecule has 0 spiro atoms. The molecule has 2 heterocycles. The lowest BCUT2D eigenvalue weighted by Gasteiger charge is -1.98. The molecule has 0 aliphatic carbocycles. The third-order valence-corrected chi connectivity index (χ3v) is 5.29. The highest BCUT2D eigenvalue weighted by Crippen LogP contribution is 2.27. The van der Waals surface area contributed by atoms with Crippen LogP contribution in [0, 0.1) is 11.3 Å². The Hall–Kier alpha value is -2.20. The highest BCUT2D eigenvalue weighted by molar-refractivity contribution is 7.91. The zero-order valence-corrected chi connectivity index (χ0v) is 12.0. The Morgan fingerprint density at radius 3 is 2.71 bits per heavy atom. The van der Waals surface area contributed by atoms with E-state index in [-0.39, 0.29) is 17.4 Å². The largest absolute Gasteiger partial charge is 0.339 e. The van der Waals surface area contributed by atoms with Gasteiger partial charge in [-0.3, -0.25) is 0 Å². The van der Waals surface area contributed by atoms with E-state index in [2.05, 4.69) is 16.2 Å². The fourth-order valence-electron chi connectivity index (χ4n) is 2.38. The summed E-state index contributed by atoms with van der Waals surface area (Å²) < 4.78 is 28.1. The zero-order chi connectivity index (χ0) is 14.9. The molecule has 0 saturated carbocycles. The molecule has 3 rings (SSSR count). The molecule has 1 aromatic carbocycles. The third-order valence-electron chi connectivity index (χ3n) is 3.52. The van der Waals surface area contributed by atoms with Crippen molar-refractivity contribution >= 4 is 9.84 Å². The Kier molecular flexibility index (Phi) is 3.47. The minimum absolute atomic E-state index is 0.100. The van der Waals surface area contributed by atoms with Gasteiger partial charge in [0.25, 0.3) is 0 Å². The van der Waals surface area contributed by atoms with Gasteiger partial charge < -0.3 is 4.52 Å². The monoisotopic (exact) mass is 303 g/mol. The van der Waals surface area contributed by atoms with E-state index >= 15 is 0 Å². The predicted octanol–water partition coefficient (Wildman–Crippen LogP) is 1.43. The van der Waals surface area contributed by atoms with Gasteiger partial charge >= 0.3 is 0 Å². The molecular formula is C14H13N3O3S. The van der Waals surface area contributed by atoms with E-state index in [9.17, 15) is 8.42 Å². The minimum Gasteiger partial charge on any atom is -0.339 e. The van der Waals surface area contributed by atoms with Gasteiger partial charge in [0.05, 0.1) is 29.6 Å². The van der Waals surface area contributed by atoms with Gasteiger partial charge in [0.1, 0.15) is 0 Å². The number of sulfone groups is 1. The van der Waals surface area contributed by atoms with E-state index in [1.807, 2.05) is 12.1 Å². The second-order valence-electron chi connectivity index (χ2n) is 5.13. The van der Waals surface area contributed by atoms with Crippen LogP contribution in [0.3, 0.4) is 0 Å². The molecule has 1 atom stereocenters. The van der Waals surface area contributed by atoms with Crippen LogP contribution in [-0.4, -0.2) is 30.1 Å². The third kappa shape index (κ3) is 3.11. The van der Waals surface area contributed by atoms with E-state index in [1.54, 1.807) is 12.1 Å². The van der Waals surface area contributed by atoms with E-state index in [4.69, 9.17) is 9.78 Å². The molecule has 7 heteroatoms. The van der Waals surface area contributed by atoms with Gasteiger partial charge in [-0.05, 0) is 24.1 Å². The molecule has 1 aliphatic rings. The first-order valence-electron chi connectivity index (χ1n) is 6.58. The molecule has 1 aliphatic heterocycles. The summed E-state index contributed by atoms with van der Waals surface area (Å²) in [5.41, 5.74) is 1.56. The first kappa shape index (κ1) is 13.8. The summed E-state index contributed by atoms with van der Waals surface area (Å²) in [5, 5.41) is 12.6. The predicted molar refractivity (Wildman–Crippen MR) is 74.3 cm³/mol. The molecule has 108 valence electrons. The SMILES string of the molecule is N#Cc1ccc(Cc2nc(C3CCS(=O)(=O)C3)no2)cc1. The highest BCUT2D eigenvalue weighted by atomic mass is 32.2. The van der Waals surface area contributed by atoms with Crippen molar-refractivity contribution in [2.24, 2.45) is 0 Å². The lowest BCUT2D eigenvalue weighted by molar-refractivity contribution is 0.376. The standard InChI is InChI=1S/C14H13N3O3S/c15-8-11-3-1-10(2-4-11)7-13-16-14(17-20-13)12-5-6-21(18,19)9-12/h1-4,12H,5-7,9H2. The van der Waals surface area contributed by atoms with Crippen molar-refractivity contribution in [3.05, 3.63) is 47.1 Å². The van der Waals surface area contributed by atoms with Crippen molar-refractivity contribution < 1.29 is 12.9 Å². The summed E-state index contributed by atoms with van der Waals surface area (Å²) in [6.45, 7) is 0. The minimum atomic E-state index is -2.95. The summed E-state index contributed by atoms with van der Waals surface area (Å²) >= 11 is 0. The lowest BCUT2D eigenvalue weighted by atomic mass is 10.1. The number of rotatable bonds is 3. The molecule has 1 fully saturated rings. The Morgan fingerprint density at radius 1 is 1.33 bits per heavy atom. The fraction of sp³-hybridized carbons (Fsp3) is 0.357. The van der Waals surface area contributed by atoms with Crippen molar-refractivity contribution in [2.75, 3.05) is 11.5 Å². The average molecular weight is 303 g/mol. The van der Waals surface area contributed by atoms with E-state index in [0.717, 1.165) is 5.56 Å². The molecule has 6 nitrogen and oxygen atoms in total. The first-order valence-corrected chi connectivity index (χ1v) is 8.40. The molecule has 1 aromatic heterocycles. The number of nitrogens with zero attached hydrogens (tertiary/aromatic N) is 3. The number of hydrogen-bond donors (Lipinski definition) is 0. The molecular weight excluding hydrogens is 290 g/mol. The molecule has 2 aromatic rings. The van der Waals surface area contributed by atoms with Crippen molar-refractivity contribution in [1.29, 1.82) is 5.26 Å². The Morgan fingerprint density at radius 2 is 2.10 bits per heavy atom. The smallest absolute Gasteiger partial charge is 0.231 e. The summed E-state index contributed by atoms with van der Waals surface area (Å²) in [6.07, 6.45) is 1.02. The number of hydrogen-bond acceptors (Lipinski definition) is 6. The Bertz CT molecular complexity index is 788. The normalized spacial score (nSPS) is 20.2. The summed E-state index contributed by atoms with van der Waals surface area (Å²) in [5.74, 6) is 1.06. The second-order valence-corrected chi connectivity index (χ2v) is 7.36. The zero-order valence-electron chi connectivity index (χ0n) is 11.2. The quantitative estimate of drug-likeness (QED) is 0.851. The second kappa shape index (κ2) is 5.30. The molecule has 0 bridgehead atoms. The van der Waals surface area contributed by atoms with E-state index < -0.39 is 9.84 Å². The van der Waals surface area contributed by atoms with Crippen molar-refractivity contribution in [3.8, 4) is 6.07 Å². The summed E-state index contributed by atoms with van der Waals surface area (Å²) in [4.78, 5) is 4.29. The van der Waals surface area contributed by atoms with Gasteiger partial charge in [-0.2, -0.15) is 10.2 Å². The van der Waals surface area contributed by atoms with Crippen LogP contribution in [0.5, 0.6) is 0 Å².